The molecular weight excluding hydrogens is 344 g/mol. The average molecular weight is 372 g/mol. The number of hydrogen-bond donors (Lipinski definition) is 2. The van der Waals surface area contributed by atoms with Crippen molar-refractivity contribution in [3.8, 4) is 17.4 Å². The Morgan fingerprint density at radius 2 is 1.89 bits per heavy atom. The van der Waals surface area contributed by atoms with Crippen LogP contribution in [-0.2, 0) is 13.1 Å². The summed E-state index contributed by atoms with van der Waals surface area (Å²) in [5, 5.41) is 6.57. The molecule has 0 aliphatic heterocycles. The topological polar surface area (TPSA) is 77.0 Å². The van der Waals surface area contributed by atoms with Crippen LogP contribution in [0.4, 0.5) is 0 Å². The van der Waals surface area contributed by atoms with Gasteiger partial charge in [-0.2, -0.15) is 0 Å². The Labute approximate surface area is 160 Å². The molecule has 2 rings (SSSR count). The van der Waals surface area contributed by atoms with E-state index in [2.05, 4.69) is 20.6 Å². The number of aliphatic imine (C=N–C) groups is 1. The summed E-state index contributed by atoms with van der Waals surface area (Å²) < 4.78 is 16.2. The van der Waals surface area contributed by atoms with Gasteiger partial charge in [-0.3, -0.25) is 0 Å². The van der Waals surface area contributed by atoms with Crippen LogP contribution < -0.4 is 24.8 Å². The number of aromatic nitrogens is 1. The second kappa shape index (κ2) is 10.9. The number of nitrogens with one attached hydrogen (secondary N) is 2. The van der Waals surface area contributed by atoms with Crippen LogP contribution in [0.1, 0.15) is 25.0 Å². The minimum atomic E-state index is 0.515. The minimum absolute atomic E-state index is 0.515. The first-order valence-corrected chi connectivity index (χ1v) is 9.01. The fourth-order valence-electron chi connectivity index (χ4n) is 2.50. The number of ether oxygens (including phenoxy) is 3. The Morgan fingerprint density at radius 1 is 1.07 bits per heavy atom. The molecule has 0 saturated heterocycles. The van der Waals surface area contributed by atoms with Gasteiger partial charge < -0.3 is 24.8 Å². The van der Waals surface area contributed by atoms with Crippen molar-refractivity contribution >= 4 is 5.96 Å². The number of methoxy groups -OCH3 is 2. The van der Waals surface area contributed by atoms with Crippen molar-refractivity contribution in [2.75, 3.05) is 27.4 Å². The zero-order chi connectivity index (χ0) is 19.5. The molecule has 0 atom stereocenters. The van der Waals surface area contributed by atoms with E-state index in [0.717, 1.165) is 23.6 Å². The van der Waals surface area contributed by atoms with E-state index >= 15 is 0 Å². The van der Waals surface area contributed by atoms with Crippen molar-refractivity contribution in [2.24, 2.45) is 4.99 Å². The first-order valence-electron chi connectivity index (χ1n) is 9.01. The molecule has 0 unspecified atom stereocenters. The summed E-state index contributed by atoms with van der Waals surface area (Å²) in [6.45, 7) is 6.41. The number of nitrogens with zero attached hydrogens (tertiary/aromatic N) is 2. The maximum Gasteiger partial charge on any atom is 0.218 e. The highest BCUT2D eigenvalue weighted by Crippen LogP contribution is 2.27. The fraction of sp³-hybridized carbons (Fsp3) is 0.400. The largest absolute Gasteiger partial charge is 0.493 e. The molecule has 0 fully saturated rings. The Morgan fingerprint density at radius 3 is 2.59 bits per heavy atom. The molecule has 1 aromatic carbocycles. The zero-order valence-corrected chi connectivity index (χ0v) is 16.4. The first kappa shape index (κ1) is 20.4. The van der Waals surface area contributed by atoms with Crippen LogP contribution in [0.3, 0.4) is 0 Å². The van der Waals surface area contributed by atoms with E-state index in [9.17, 15) is 0 Å². The van der Waals surface area contributed by atoms with E-state index in [0.29, 0.717) is 37.1 Å². The zero-order valence-electron chi connectivity index (χ0n) is 16.4. The van der Waals surface area contributed by atoms with Gasteiger partial charge in [0, 0.05) is 24.8 Å². The smallest absolute Gasteiger partial charge is 0.218 e. The third-order valence-corrected chi connectivity index (χ3v) is 3.79. The van der Waals surface area contributed by atoms with Gasteiger partial charge in [0.2, 0.25) is 5.88 Å². The molecule has 2 aromatic rings. The molecule has 7 heteroatoms. The van der Waals surface area contributed by atoms with Crippen LogP contribution in [0.25, 0.3) is 0 Å². The lowest BCUT2D eigenvalue weighted by Crippen LogP contribution is -2.36. The highest BCUT2D eigenvalue weighted by molar-refractivity contribution is 5.79. The molecule has 7 nitrogen and oxygen atoms in total. The third-order valence-electron chi connectivity index (χ3n) is 3.79. The van der Waals surface area contributed by atoms with E-state index in [4.69, 9.17) is 14.2 Å². The van der Waals surface area contributed by atoms with Gasteiger partial charge in [-0.1, -0.05) is 12.1 Å². The van der Waals surface area contributed by atoms with Gasteiger partial charge in [0.05, 0.1) is 27.4 Å². The van der Waals surface area contributed by atoms with E-state index in [-0.39, 0.29) is 0 Å². The quantitative estimate of drug-likeness (QED) is 0.521. The summed E-state index contributed by atoms with van der Waals surface area (Å²) in [5.41, 5.74) is 2.01. The second-order valence-corrected chi connectivity index (χ2v) is 5.64. The van der Waals surface area contributed by atoms with Gasteiger partial charge >= 0.3 is 0 Å². The number of pyridine rings is 1. The van der Waals surface area contributed by atoms with E-state index in [1.807, 2.05) is 44.2 Å². The standard InChI is InChI=1S/C20H28N4O3/c1-5-21-20(24-14-16-8-7-11-22-19(16)27-6-2)23-13-15-9-10-17(25-3)18(12-15)26-4/h7-12H,5-6,13-14H2,1-4H3,(H2,21,23,24). The molecule has 0 aliphatic carbocycles. The molecule has 0 bridgehead atoms. The van der Waals surface area contributed by atoms with Gasteiger partial charge in [0.25, 0.3) is 0 Å². The molecule has 0 amide bonds. The number of rotatable bonds is 9. The van der Waals surface area contributed by atoms with Gasteiger partial charge in [-0.05, 0) is 37.6 Å². The van der Waals surface area contributed by atoms with E-state index < -0.39 is 0 Å². The number of guanidine groups is 1. The Bertz CT molecular complexity index is 750. The van der Waals surface area contributed by atoms with Crippen LogP contribution >= 0.6 is 0 Å². The second-order valence-electron chi connectivity index (χ2n) is 5.64. The highest BCUT2D eigenvalue weighted by atomic mass is 16.5. The van der Waals surface area contributed by atoms with Crippen molar-refractivity contribution in [1.82, 2.24) is 15.6 Å². The van der Waals surface area contributed by atoms with Crippen molar-refractivity contribution in [3.05, 3.63) is 47.7 Å². The van der Waals surface area contributed by atoms with Crippen molar-refractivity contribution in [2.45, 2.75) is 26.9 Å². The molecule has 1 aromatic heterocycles. The van der Waals surface area contributed by atoms with E-state index in [1.54, 1.807) is 20.4 Å². The maximum absolute atomic E-state index is 5.57. The number of hydrogen-bond acceptors (Lipinski definition) is 5. The molecule has 146 valence electrons. The normalized spacial score (nSPS) is 11.0. The van der Waals surface area contributed by atoms with Crippen LogP contribution in [-0.4, -0.2) is 38.3 Å². The number of benzene rings is 1. The predicted molar refractivity (Wildman–Crippen MR) is 107 cm³/mol. The average Bonchev–Trinajstić information content (AvgIpc) is 2.71. The van der Waals surface area contributed by atoms with Gasteiger partial charge in [0.15, 0.2) is 17.5 Å². The van der Waals surface area contributed by atoms with Gasteiger partial charge in [0.1, 0.15) is 0 Å². The molecular formula is C20H28N4O3. The third kappa shape index (κ3) is 6.06. The van der Waals surface area contributed by atoms with Crippen LogP contribution in [0.5, 0.6) is 17.4 Å². The molecule has 27 heavy (non-hydrogen) atoms. The highest BCUT2D eigenvalue weighted by Gasteiger charge is 2.07. The van der Waals surface area contributed by atoms with Crippen LogP contribution in [0, 0.1) is 0 Å². The summed E-state index contributed by atoms with van der Waals surface area (Å²) in [4.78, 5) is 8.92. The summed E-state index contributed by atoms with van der Waals surface area (Å²) in [7, 11) is 3.25. The minimum Gasteiger partial charge on any atom is -0.493 e. The Hall–Kier alpha value is -2.96. The molecule has 0 saturated carbocycles. The molecule has 2 N–H and O–H groups in total. The van der Waals surface area contributed by atoms with Crippen molar-refractivity contribution < 1.29 is 14.2 Å². The Balaban J connectivity index is 2.06. The first-order chi connectivity index (χ1) is 13.2. The maximum atomic E-state index is 5.57. The molecule has 0 aliphatic rings. The van der Waals surface area contributed by atoms with Crippen molar-refractivity contribution in [1.29, 1.82) is 0 Å². The lowest BCUT2D eigenvalue weighted by atomic mass is 10.2. The fourth-order valence-corrected chi connectivity index (χ4v) is 2.50. The molecule has 0 radical (unpaired) electrons. The lowest BCUT2D eigenvalue weighted by molar-refractivity contribution is 0.322. The Kier molecular flexibility index (Phi) is 8.22. The summed E-state index contributed by atoms with van der Waals surface area (Å²) >= 11 is 0. The van der Waals surface area contributed by atoms with E-state index in [1.165, 1.54) is 0 Å². The lowest BCUT2D eigenvalue weighted by Gasteiger charge is -2.14. The van der Waals surface area contributed by atoms with Crippen molar-refractivity contribution in [3.63, 3.8) is 0 Å². The predicted octanol–water partition coefficient (Wildman–Crippen LogP) is 2.75. The molecule has 1 heterocycles. The summed E-state index contributed by atoms with van der Waals surface area (Å²) in [6, 6.07) is 9.67. The van der Waals surface area contributed by atoms with Crippen LogP contribution in [0.2, 0.25) is 0 Å². The monoisotopic (exact) mass is 372 g/mol. The van der Waals surface area contributed by atoms with Crippen LogP contribution in [0.15, 0.2) is 41.5 Å². The molecule has 0 spiro atoms. The summed E-state index contributed by atoms with van der Waals surface area (Å²) in [6.07, 6.45) is 1.73. The summed E-state index contributed by atoms with van der Waals surface area (Å²) in [5.74, 6) is 2.76. The van der Waals surface area contributed by atoms with Gasteiger partial charge in [-0.15, -0.1) is 0 Å². The SMILES string of the molecule is CCNC(=NCc1ccc(OC)c(OC)c1)NCc1cccnc1OCC. The van der Waals surface area contributed by atoms with Gasteiger partial charge in [-0.25, -0.2) is 9.98 Å².